The first-order chi connectivity index (χ1) is 10.6. The summed E-state index contributed by atoms with van der Waals surface area (Å²) in [7, 11) is 0. The number of hydrogen-bond donors (Lipinski definition) is 1. The summed E-state index contributed by atoms with van der Waals surface area (Å²) < 4.78 is 0. The number of nitrogens with one attached hydrogen (secondary N) is 1. The van der Waals surface area contributed by atoms with Gasteiger partial charge in [-0.25, -0.2) is 0 Å². The average molecular weight is 310 g/mol. The predicted octanol–water partition coefficient (Wildman–Crippen LogP) is 3.50. The number of amides is 2. The Morgan fingerprint density at radius 3 is 2.05 bits per heavy atom. The van der Waals surface area contributed by atoms with Gasteiger partial charge in [0.05, 0.1) is 0 Å². The van der Waals surface area contributed by atoms with Crippen LogP contribution in [0.15, 0.2) is 0 Å². The molecule has 4 nitrogen and oxygen atoms in total. The Morgan fingerprint density at radius 1 is 0.955 bits per heavy atom. The quantitative estimate of drug-likeness (QED) is 0.628. The van der Waals surface area contributed by atoms with E-state index < -0.39 is 0 Å². The molecule has 1 fully saturated rings. The molecule has 0 aromatic carbocycles. The minimum atomic E-state index is 0.102. The molecule has 1 aliphatic rings. The van der Waals surface area contributed by atoms with Crippen molar-refractivity contribution in [1.82, 2.24) is 10.2 Å². The molecule has 0 aromatic rings. The van der Waals surface area contributed by atoms with E-state index in [9.17, 15) is 9.59 Å². The van der Waals surface area contributed by atoms with Gasteiger partial charge in [0.25, 0.3) is 0 Å². The van der Waals surface area contributed by atoms with Gasteiger partial charge in [-0.3, -0.25) is 9.59 Å². The summed E-state index contributed by atoms with van der Waals surface area (Å²) in [6, 6.07) is 0. The molecule has 0 bridgehead atoms. The Labute approximate surface area is 136 Å². The van der Waals surface area contributed by atoms with Crippen molar-refractivity contribution in [2.75, 3.05) is 19.6 Å². The van der Waals surface area contributed by atoms with E-state index in [1.165, 1.54) is 44.9 Å². The van der Waals surface area contributed by atoms with Crippen molar-refractivity contribution in [3.05, 3.63) is 0 Å². The zero-order valence-electron chi connectivity index (χ0n) is 14.5. The van der Waals surface area contributed by atoms with Gasteiger partial charge in [0.15, 0.2) is 0 Å². The number of likely N-dealkylation sites (tertiary alicyclic amines) is 1. The largest absolute Gasteiger partial charge is 0.356 e. The Morgan fingerprint density at radius 2 is 1.50 bits per heavy atom. The summed E-state index contributed by atoms with van der Waals surface area (Å²) in [5.41, 5.74) is 0. The molecule has 1 rings (SSSR count). The van der Waals surface area contributed by atoms with Crippen LogP contribution in [0, 0.1) is 5.92 Å². The molecular formula is C18H34N2O2. The third-order valence-electron chi connectivity index (χ3n) is 4.64. The molecule has 0 aromatic heterocycles. The first kappa shape index (κ1) is 19.0. The maximum absolute atomic E-state index is 12.1. The molecule has 0 saturated carbocycles. The number of rotatable bonds is 10. The summed E-state index contributed by atoms with van der Waals surface area (Å²) in [5.74, 6) is 0.411. The second-order valence-electron chi connectivity index (χ2n) is 6.55. The highest BCUT2D eigenvalue weighted by Crippen LogP contribution is 2.17. The van der Waals surface area contributed by atoms with E-state index in [2.05, 4.69) is 12.2 Å². The number of unbranched alkanes of at least 4 members (excludes halogenated alkanes) is 7. The normalized spacial score (nSPS) is 15.8. The first-order valence-electron chi connectivity index (χ1n) is 9.18. The van der Waals surface area contributed by atoms with Crippen LogP contribution in [0.25, 0.3) is 0 Å². The molecule has 1 aliphatic heterocycles. The lowest BCUT2D eigenvalue weighted by Crippen LogP contribution is -2.42. The third kappa shape index (κ3) is 7.81. The molecule has 0 unspecified atom stereocenters. The molecule has 4 heteroatoms. The van der Waals surface area contributed by atoms with Gasteiger partial charge in [0.2, 0.25) is 11.8 Å². The molecule has 0 radical (unpaired) electrons. The molecular weight excluding hydrogens is 276 g/mol. The fourth-order valence-corrected chi connectivity index (χ4v) is 3.07. The van der Waals surface area contributed by atoms with Gasteiger partial charge < -0.3 is 10.2 Å². The summed E-state index contributed by atoms with van der Waals surface area (Å²) >= 11 is 0. The van der Waals surface area contributed by atoms with Gasteiger partial charge in [-0.2, -0.15) is 0 Å². The molecule has 1 N–H and O–H groups in total. The summed E-state index contributed by atoms with van der Waals surface area (Å²) in [5, 5.41) is 3.07. The highest BCUT2D eigenvalue weighted by molar-refractivity contribution is 5.79. The van der Waals surface area contributed by atoms with Gasteiger partial charge in [0, 0.05) is 32.5 Å². The van der Waals surface area contributed by atoms with Crippen molar-refractivity contribution in [3.8, 4) is 0 Å². The van der Waals surface area contributed by atoms with Gasteiger partial charge in [0.1, 0.15) is 0 Å². The predicted molar refractivity (Wildman–Crippen MR) is 90.6 cm³/mol. The molecule has 1 saturated heterocycles. The zero-order valence-corrected chi connectivity index (χ0v) is 14.5. The van der Waals surface area contributed by atoms with Crippen LogP contribution in [-0.4, -0.2) is 36.3 Å². The maximum atomic E-state index is 12.1. The van der Waals surface area contributed by atoms with E-state index in [0.717, 1.165) is 38.9 Å². The number of nitrogens with zero attached hydrogens (tertiary/aromatic N) is 1. The Bertz CT molecular complexity index is 323. The van der Waals surface area contributed by atoms with E-state index in [1.807, 2.05) is 4.90 Å². The number of piperidine rings is 1. The lowest BCUT2D eigenvalue weighted by molar-refractivity contribution is -0.133. The second-order valence-corrected chi connectivity index (χ2v) is 6.55. The van der Waals surface area contributed by atoms with Crippen LogP contribution in [0.4, 0.5) is 0 Å². The van der Waals surface area contributed by atoms with Crippen LogP contribution < -0.4 is 5.32 Å². The molecule has 128 valence electrons. The van der Waals surface area contributed by atoms with Crippen molar-refractivity contribution in [2.24, 2.45) is 5.92 Å². The van der Waals surface area contributed by atoms with Crippen molar-refractivity contribution in [2.45, 2.75) is 78.1 Å². The van der Waals surface area contributed by atoms with Crippen LogP contribution in [0.1, 0.15) is 78.1 Å². The van der Waals surface area contributed by atoms with Gasteiger partial charge >= 0.3 is 0 Å². The first-order valence-corrected chi connectivity index (χ1v) is 9.18. The second kappa shape index (κ2) is 11.5. The van der Waals surface area contributed by atoms with Crippen LogP contribution in [-0.2, 0) is 9.59 Å². The maximum Gasteiger partial charge on any atom is 0.223 e. The van der Waals surface area contributed by atoms with Gasteiger partial charge in [-0.05, 0) is 19.3 Å². The van der Waals surface area contributed by atoms with Crippen molar-refractivity contribution in [1.29, 1.82) is 0 Å². The molecule has 1 heterocycles. The van der Waals surface area contributed by atoms with Crippen molar-refractivity contribution in [3.63, 3.8) is 0 Å². The van der Waals surface area contributed by atoms with E-state index in [0.29, 0.717) is 0 Å². The SMILES string of the molecule is CCCCCCCCCCNC(=O)C1CCN(C(C)=O)CC1. The average Bonchev–Trinajstić information content (AvgIpc) is 2.53. The Hall–Kier alpha value is -1.06. The smallest absolute Gasteiger partial charge is 0.223 e. The van der Waals surface area contributed by atoms with Crippen LogP contribution in [0.5, 0.6) is 0 Å². The Kier molecular flexibility index (Phi) is 9.93. The fraction of sp³-hybridized carbons (Fsp3) is 0.889. The van der Waals surface area contributed by atoms with E-state index in [1.54, 1.807) is 6.92 Å². The highest BCUT2D eigenvalue weighted by Gasteiger charge is 2.25. The number of carbonyl (C=O) groups is 2. The molecule has 0 aliphatic carbocycles. The molecule has 0 atom stereocenters. The third-order valence-corrected chi connectivity index (χ3v) is 4.64. The van der Waals surface area contributed by atoms with Crippen molar-refractivity contribution < 1.29 is 9.59 Å². The molecule has 22 heavy (non-hydrogen) atoms. The topological polar surface area (TPSA) is 49.4 Å². The highest BCUT2D eigenvalue weighted by atomic mass is 16.2. The van der Waals surface area contributed by atoms with Gasteiger partial charge in [-0.15, -0.1) is 0 Å². The number of hydrogen-bond acceptors (Lipinski definition) is 2. The van der Waals surface area contributed by atoms with Gasteiger partial charge in [-0.1, -0.05) is 51.9 Å². The van der Waals surface area contributed by atoms with Crippen molar-refractivity contribution >= 4 is 11.8 Å². The molecule has 0 spiro atoms. The monoisotopic (exact) mass is 310 g/mol. The lowest BCUT2D eigenvalue weighted by atomic mass is 9.96. The minimum absolute atomic E-state index is 0.102. The van der Waals surface area contributed by atoms with Crippen LogP contribution >= 0.6 is 0 Å². The van der Waals surface area contributed by atoms with Crippen LogP contribution in [0.2, 0.25) is 0 Å². The Balaban J connectivity index is 1.97. The van der Waals surface area contributed by atoms with E-state index in [4.69, 9.17) is 0 Å². The summed E-state index contributed by atoms with van der Waals surface area (Å²) in [6.07, 6.45) is 11.9. The fourth-order valence-electron chi connectivity index (χ4n) is 3.07. The standard InChI is InChI=1S/C18H34N2O2/c1-3-4-5-6-7-8-9-10-13-19-18(22)17-11-14-20(15-12-17)16(2)21/h17H,3-15H2,1-2H3,(H,19,22). The minimum Gasteiger partial charge on any atom is -0.356 e. The van der Waals surface area contributed by atoms with E-state index in [-0.39, 0.29) is 17.7 Å². The molecule has 2 amide bonds. The number of carbonyl (C=O) groups excluding carboxylic acids is 2. The lowest BCUT2D eigenvalue weighted by Gasteiger charge is -2.30. The van der Waals surface area contributed by atoms with Crippen LogP contribution in [0.3, 0.4) is 0 Å². The summed E-state index contributed by atoms with van der Waals surface area (Å²) in [4.78, 5) is 25.2. The summed E-state index contributed by atoms with van der Waals surface area (Å²) in [6.45, 7) is 6.10. The van der Waals surface area contributed by atoms with E-state index >= 15 is 0 Å². The zero-order chi connectivity index (χ0) is 16.2.